The lowest BCUT2D eigenvalue weighted by Crippen LogP contribution is -2.01. The normalized spacial score (nSPS) is 11.3. The van der Waals surface area contributed by atoms with E-state index in [1.165, 1.54) is 6.33 Å². The van der Waals surface area contributed by atoms with Gasteiger partial charge in [-0.1, -0.05) is 28.4 Å². The number of hydrogen-bond donors (Lipinski definition) is 1. The molecular formula is C11H8Cl2N4OS. The van der Waals surface area contributed by atoms with E-state index >= 15 is 0 Å². The zero-order chi connectivity index (χ0) is 13.4. The van der Waals surface area contributed by atoms with Crippen LogP contribution in [0.25, 0.3) is 11.0 Å². The van der Waals surface area contributed by atoms with E-state index in [-0.39, 0.29) is 0 Å². The summed E-state index contributed by atoms with van der Waals surface area (Å²) < 4.78 is 7.49. The van der Waals surface area contributed by atoms with Crippen LogP contribution in [0.1, 0.15) is 5.89 Å². The predicted molar refractivity (Wildman–Crippen MR) is 75.1 cm³/mol. The van der Waals surface area contributed by atoms with Crippen LogP contribution in [0.2, 0.25) is 10.0 Å². The number of fused-ring (bicyclic) bond motifs is 1. The van der Waals surface area contributed by atoms with Gasteiger partial charge in [-0.05, 0) is 24.4 Å². The Labute approximate surface area is 123 Å². The molecule has 19 heavy (non-hydrogen) atoms. The maximum atomic E-state index is 6.03. The summed E-state index contributed by atoms with van der Waals surface area (Å²) in [6.07, 6.45) is 1.97. The lowest BCUT2D eigenvalue weighted by molar-refractivity contribution is 0.371. The molecule has 0 aliphatic heterocycles. The standard InChI is InChI=1S/C11H8Cl2N4OS/c12-6-3-8-9(4-7(6)13)17(11(19)16-8)2-1-10-14-5-15-18-10/h3-5H,1-2H2,(H,16,19). The van der Waals surface area contributed by atoms with Gasteiger partial charge in [-0.2, -0.15) is 4.98 Å². The molecule has 8 heteroatoms. The first kappa shape index (κ1) is 12.7. The summed E-state index contributed by atoms with van der Waals surface area (Å²) in [6, 6.07) is 3.55. The number of hydrogen-bond acceptors (Lipinski definition) is 4. The van der Waals surface area contributed by atoms with Crippen molar-refractivity contribution in [2.45, 2.75) is 13.0 Å². The Kier molecular flexibility index (Phi) is 3.30. The van der Waals surface area contributed by atoms with Gasteiger partial charge in [0.05, 0.1) is 21.1 Å². The number of imidazole rings is 1. The minimum absolute atomic E-state index is 0.495. The molecule has 0 fully saturated rings. The fraction of sp³-hybridized carbons (Fsp3) is 0.182. The Morgan fingerprint density at radius 2 is 2.11 bits per heavy atom. The molecule has 0 saturated carbocycles. The molecule has 0 saturated heterocycles. The van der Waals surface area contributed by atoms with Crippen LogP contribution in [0.4, 0.5) is 0 Å². The number of aromatic nitrogens is 4. The minimum atomic E-state index is 0.495. The lowest BCUT2D eigenvalue weighted by Gasteiger charge is -2.03. The molecule has 3 rings (SSSR count). The molecule has 98 valence electrons. The Balaban J connectivity index is 2.00. The molecule has 2 aromatic heterocycles. The average molecular weight is 315 g/mol. The van der Waals surface area contributed by atoms with Gasteiger partial charge >= 0.3 is 0 Å². The topological polar surface area (TPSA) is 59.6 Å². The molecule has 0 radical (unpaired) electrons. The van der Waals surface area contributed by atoms with Crippen LogP contribution in [0.15, 0.2) is 23.0 Å². The molecule has 0 unspecified atom stereocenters. The largest absolute Gasteiger partial charge is 0.340 e. The zero-order valence-electron chi connectivity index (χ0n) is 9.56. The number of nitrogens with one attached hydrogen (secondary N) is 1. The van der Waals surface area contributed by atoms with Gasteiger partial charge in [-0.25, -0.2) is 0 Å². The maximum absolute atomic E-state index is 6.03. The first-order valence-electron chi connectivity index (χ1n) is 5.48. The third-order valence-corrected chi connectivity index (χ3v) is 3.82. The van der Waals surface area contributed by atoms with Crippen LogP contribution in [0.5, 0.6) is 0 Å². The van der Waals surface area contributed by atoms with Crippen molar-refractivity contribution in [3.8, 4) is 0 Å². The number of nitrogens with zero attached hydrogens (tertiary/aromatic N) is 3. The van der Waals surface area contributed by atoms with Crippen molar-refractivity contribution in [1.82, 2.24) is 19.7 Å². The SMILES string of the molecule is S=c1[nH]c2cc(Cl)c(Cl)cc2n1CCc1ncno1. The highest BCUT2D eigenvalue weighted by molar-refractivity contribution is 7.71. The highest BCUT2D eigenvalue weighted by Crippen LogP contribution is 2.27. The molecule has 2 heterocycles. The Hall–Kier alpha value is -1.37. The van der Waals surface area contributed by atoms with E-state index in [1.807, 2.05) is 4.57 Å². The number of H-pyrrole nitrogens is 1. The summed E-state index contributed by atoms with van der Waals surface area (Å²) in [6.45, 7) is 0.624. The Morgan fingerprint density at radius 3 is 2.84 bits per heavy atom. The molecule has 0 bridgehead atoms. The summed E-state index contributed by atoms with van der Waals surface area (Å²) >= 11 is 17.3. The molecule has 5 nitrogen and oxygen atoms in total. The highest BCUT2D eigenvalue weighted by Gasteiger charge is 2.09. The van der Waals surface area contributed by atoms with E-state index in [0.717, 1.165) is 11.0 Å². The lowest BCUT2D eigenvalue weighted by atomic mass is 10.3. The van der Waals surface area contributed by atoms with Crippen molar-refractivity contribution in [1.29, 1.82) is 0 Å². The average Bonchev–Trinajstić information content (AvgIpc) is 2.96. The van der Waals surface area contributed by atoms with Crippen molar-refractivity contribution < 1.29 is 4.52 Å². The molecule has 1 N–H and O–H groups in total. The van der Waals surface area contributed by atoms with Gasteiger partial charge in [0.15, 0.2) is 11.1 Å². The summed E-state index contributed by atoms with van der Waals surface area (Å²) in [5, 5.41) is 4.55. The number of aromatic amines is 1. The summed E-state index contributed by atoms with van der Waals surface area (Å²) in [4.78, 5) is 7.07. The van der Waals surface area contributed by atoms with Gasteiger partial charge in [0, 0.05) is 13.0 Å². The molecule has 1 aromatic carbocycles. The molecule has 0 aliphatic carbocycles. The van der Waals surface area contributed by atoms with Gasteiger partial charge in [-0.15, -0.1) is 0 Å². The predicted octanol–water partition coefficient (Wildman–Crippen LogP) is 3.63. The van der Waals surface area contributed by atoms with E-state index in [0.29, 0.717) is 33.7 Å². The van der Waals surface area contributed by atoms with Crippen LogP contribution in [0.3, 0.4) is 0 Å². The second-order valence-electron chi connectivity index (χ2n) is 3.95. The van der Waals surface area contributed by atoms with E-state index in [2.05, 4.69) is 15.1 Å². The second-order valence-corrected chi connectivity index (χ2v) is 5.15. The number of halogens is 2. The maximum Gasteiger partial charge on any atom is 0.228 e. The highest BCUT2D eigenvalue weighted by atomic mass is 35.5. The fourth-order valence-corrected chi connectivity index (χ4v) is 2.51. The summed E-state index contributed by atoms with van der Waals surface area (Å²) in [5.41, 5.74) is 1.75. The molecule has 0 amide bonds. The van der Waals surface area contributed by atoms with Crippen molar-refractivity contribution in [2.75, 3.05) is 0 Å². The van der Waals surface area contributed by atoms with Gasteiger partial charge < -0.3 is 14.1 Å². The van der Waals surface area contributed by atoms with Gasteiger partial charge in [-0.3, -0.25) is 0 Å². The first-order chi connectivity index (χ1) is 9.15. The first-order valence-corrected chi connectivity index (χ1v) is 6.64. The molecule has 3 aromatic rings. The van der Waals surface area contributed by atoms with Crippen LogP contribution < -0.4 is 0 Å². The number of benzene rings is 1. The van der Waals surface area contributed by atoms with Crippen molar-refractivity contribution in [2.24, 2.45) is 0 Å². The molecule has 0 atom stereocenters. The van der Waals surface area contributed by atoms with E-state index in [9.17, 15) is 0 Å². The minimum Gasteiger partial charge on any atom is -0.340 e. The van der Waals surface area contributed by atoms with Crippen LogP contribution >= 0.6 is 35.4 Å². The fourth-order valence-electron chi connectivity index (χ4n) is 1.89. The van der Waals surface area contributed by atoms with Crippen molar-refractivity contribution in [3.63, 3.8) is 0 Å². The van der Waals surface area contributed by atoms with Crippen LogP contribution in [-0.4, -0.2) is 19.7 Å². The van der Waals surface area contributed by atoms with Crippen LogP contribution in [0, 0.1) is 4.77 Å². The van der Waals surface area contributed by atoms with Gasteiger partial charge in [0.2, 0.25) is 5.89 Å². The monoisotopic (exact) mass is 314 g/mol. The van der Waals surface area contributed by atoms with E-state index in [4.69, 9.17) is 39.9 Å². The van der Waals surface area contributed by atoms with E-state index in [1.54, 1.807) is 12.1 Å². The van der Waals surface area contributed by atoms with Crippen LogP contribution in [-0.2, 0) is 13.0 Å². The van der Waals surface area contributed by atoms with Crippen molar-refractivity contribution >= 4 is 46.5 Å². The third kappa shape index (κ3) is 2.39. The smallest absolute Gasteiger partial charge is 0.228 e. The number of aryl methyl sites for hydroxylation is 2. The quantitative estimate of drug-likeness (QED) is 0.750. The molecular weight excluding hydrogens is 307 g/mol. The number of rotatable bonds is 3. The summed E-state index contributed by atoms with van der Waals surface area (Å²) in [7, 11) is 0. The zero-order valence-corrected chi connectivity index (χ0v) is 11.9. The molecule has 0 spiro atoms. The van der Waals surface area contributed by atoms with E-state index < -0.39 is 0 Å². The van der Waals surface area contributed by atoms with Gasteiger partial charge in [0.25, 0.3) is 0 Å². The Morgan fingerprint density at radius 1 is 1.32 bits per heavy atom. The molecule has 0 aliphatic rings. The third-order valence-electron chi connectivity index (χ3n) is 2.77. The van der Waals surface area contributed by atoms with Crippen molar-refractivity contribution in [3.05, 3.63) is 39.2 Å². The van der Waals surface area contributed by atoms with Gasteiger partial charge in [0.1, 0.15) is 0 Å². The second kappa shape index (κ2) is 4.96. The summed E-state index contributed by atoms with van der Waals surface area (Å²) in [5.74, 6) is 0.566. The Bertz CT molecular complexity index is 778.